The van der Waals surface area contributed by atoms with E-state index >= 15 is 0 Å². The summed E-state index contributed by atoms with van der Waals surface area (Å²) in [6.07, 6.45) is 5.43. The molecule has 0 heterocycles. The zero-order valence-electron chi connectivity index (χ0n) is 7.23. The van der Waals surface area contributed by atoms with Gasteiger partial charge < -0.3 is 5.73 Å². The number of hydrogen-bond acceptors (Lipinski definition) is 1. The van der Waals surface area contributed by atoms with E-state index in [1.807, 2.05) is 24.3 Å². The molecule has 0 aliphatic heterocycles. The largest absolute Gasteiger partial charge is 0.366 e. The molecule has 1 aromatic rings. The van der Waals surface area contributed by atoms with Crippen LogP contribution in [0, 0.1) is 0 Å². The molecule has 0 aromatic heterocycles. The summed E-state index contributed by atoms with van der Waals surface area (Å²) in [6.45, 7) is 3.56. The van der Waals surface area contributed by atoms with Gasteiger partial charge in [-0.2, -0.15) is 0 Å². The number of benzene rings is 1. The number of carbonyl (C=O) groups is 1. The number of hydrogen-bond donors (Lipinski definition) is 1. The molecule has 13 heavy (non-hydrogen) atoms. The Balaban J connectivity index is 2.87. The van der Waals surface area contributed by atoms with Gasteiger partial charge in [-0.05, 0) is 17.7 Å². The van der Waals surface area contributed by atoms with Crippen molar-refractivity contribution in [1.82, 2.24) is 0 Å². The molecule has 1 aromatic carbocycles. The lowest BCUT2D eigenvalue weighted by atomic mass is 10.1. The summed E-state index contributed by atoms with van der Waals surface area (Å²) in [6, 6.07) is 7.07. The molecule has 0 aliphatic carbocycles. The van der Waals surface area contributed by atoms with Gasteiger partial charge in [0.25, 0.3) is 0 Å². The maximum Gasteiger partial charge on any atom is 0.248 e. The molecule has 1 amide bonds. The van der Waals surface area contributed by atoms with Gasteiger partial charge in [-0.1, -0.05) is 36.9 Å². The Morgan fingerprint density at radius 2 is 1.92 bits per heavy atom. The van der Waals surface area contributed by atoms with Gasteiger partial charge in [0.2, 0.25) is 5.91 Å². The predicted molar refractivity (Wildman–Crippen MR) is 54.2 cm³/mol. The molecule has 0 fully saturated rings. The highest BCUT2D eigenvalue weighted by Gasteiger charge is 1.96. The molecule has 0 atom stereocenters. The van der Waals surface area contributed by atoms with E-state index in [1.165, 1.54) is 0 Å². The van der Waals surface area contributed by atoms with E-state index in [2.05, 4.69) is 6.58 Å². The lowest BCUT2D eigenvalue weighted by Gasteiger charge is -1.95. The normalized spacial score (nSPS) is 10.2. The zero-order chi connectivity index (χ0) is 9.68. The first-order valence-electron chi connectivity index (χ1n) is 3.93. The molecule has 66 valence electrons. The summed E-state index contributed by atoms with van der Waals surface area (Å²) < 4.78 is 0. The molecular weight excluding hydrogens is 162 g/mol. The van der Waals surface area contributed by atoms with Gasteiger partial charge in [-0.3, -0.25) is 4.79 Å². The lowest BCUT2D eigenvalue weighted by molar-refractivity contribution is 0.100. The third kappa shape index (κ3) is 2.60. The standard InChI is InChI=1S/C11H11NO/c1-2-3-4-9-5-7-10(8-6-9)11(12)13/h2-8H,1H2,(H2,12,13)/b4-3+. The minimum Gasteiger partial charge on any atom is -0.366 e. The van der Waals surface area contributed by atoms with Crippen LogP contribution in [0.25, 0.3) is 6.08 Å². The van der Waals surface area contributed by atoms with Crippen LogP contribution >= 0.6 is 0 Å². The second-order valence-corrected chi connectivity index (χ2v) is 2.58. The highest BCUT2D eigenvalue weighted by molar-refractivity contribution is 5.92. The number of rotatable bonds is 3. The van der Waals surface area contributed by atoms with Crippen LogP contribution in [0.4, 0.5) is 0 Å². The summed E-state index contributed by atoms with van der Waals surface area (Å²) in [5, 5.41) is 0. The zero-order valence-corrected chi connectivity index (χ0v) is 7.23. The van der Waals surface area contributed by atoms with Crippen molar-refractivity contribution in [3.8, 4) is 0 Å². The topological polar surface area (TPSA) is 43.1 Å². The molecule has 0 saturated heterocycles. The highest BCUT2D eigenvalue weighted by Crippen LogP contribution is 2.05. The van der Waals surface area contributed by atoms with Gasteiger partial charge in [-0.15, -0.1) is 0 Å². The smallest absolute Gasteiger partial charge is 0.248 e. The van der Waals surface area contributed by atoms with E-state index in [9.17, 15) is 4.79 Å². The minimum absolute atomic E-state index is 0.403. The monoisotopic (exact) mass is 173 g/mol. The molecular formula is C11H11NO. The number of amides is 1. The molecule has 2 N–H and O–H groups in total. The van der Waals surface area contributed by atoms with Crippen molar-refractivity contribution >= 4 is 12.0 Å². The van der Waals surface area contributed by atoms with Gasteiger partial charge >= 0.3 is 0 Å². The number of allylic oxidation sites excluding steroid dienone is 2. The molecule has 0 bridgehead atoms. The van der Waals surface area contributed by atoms with Crippen LogP contribution in [0.2, 0.25) is 0 Å². The summed E-state index contributed by atoms with van der Waals surface area (Å²) in [7, 11) is 0. The molecule has 2 nitrogen and oxygen atoms in total. The van der Waals surface area contributed by atoms with E-state index in [-0.39, 0.29) is 0 Å². The molecule has 1 rings (SSSR count). The quantitative estimate of drug-likeness (QED) is 0.698. The minimum atomic E-state index is -0.403. The Kier molecular flexibility index (Phi) is 3.03. The van der Waals surface area contributed by atoms with Crippen molar-refractivity contribution in [3.63, 3.8) is 0 Å². The predicted octanol–water partition coefficient (Wildman–Crippen LogP) is 1.98. The number of nitrogens with two attached hydrogens (primary N) is 1. The van der Waals surface area contributed by atoms with E-state index < -0.39 is 5.91 Å². The van der Waals surface area contributed by atoms with Crippen LogP contribution in [-0.2, 0) is 0 Å². The second kappa shape index (κ2) is 4.26. The molecule has 0 radical (unpaired) electrons. The fraction of sp³-hybridized carbons (Fsp3) is 0. The molecule has 0 spiro atoms. The van der Waals surface area contributed by atoms with Crippen molar-refractivity contribution in [1.29, 1.82) is 0 Å². The third-order valence-electron chi connectivity index (χ3n) is 1.62. The Bertz CT molecular complexity index is 336. The van der Waals surface area contributed by atoms with Gasteiger partial charge in [0, 0.05) is 5.56 Å². The maximum absolute atomic E-state index is 10.7. The number of carbonyl (C=O) groups excluding carboxylic acids is 1. The van der Waals surface area contributed by atoms with Crippen LogP contribution in [0.5, 0.6) is 0 Å². The lowest BCUT2D eigenvalue weighted by Crippen LogP contribution is -2.10. The van der Waals surface area contributed by atoms with Gasteiger partial charge in [0.1, 0.15) is 0 Å². The van der Waals surface area contributed by atoms with Crippen LogP contribution in [0.3, 0.4) is 0 Å². The van der Waals surface area contributed by atoms with Gasteiger partial charge in [-0.25, -0.2) is 0 Å². The fourth-order valence-corrected chi connectivity index (χ4v) is 0.938. The van der Waals surface area contributed by atoms with Crippen molar-refractivity contribution in [2.75, 3.05) is 0 Å². The number of primary amides is 1. The molecule has 0 unspecified atom stereocenters. The van der Waals surface area contributed by atoms with Crippen LogP contribution < -0.4 is 5.73 Å². The van der Waals surface area contributed by atoms with E-state index in [1.54, 1.807) is 18.2 Å². The van der Waals surface area contributed by atoms with Crippen molar-refractivity contribution in [2.45, 2.75) is 0 Å². The summed E-state index contributed by atoms with van der Waals surface area (Å²) in [4.78, 5) is 10.7. The molecule has 2 heteroatoms. The van der Waals surface area contributed by atoms with E-state index in [4.69, 9.17) is 5.73 Å². The van der Waals surface area contributed by atoms with Crippen molar-refractivity contribution < 1.29 is 4.79 Å². The van der Waals surface area contributed by atoms with Crippen LogP contribution in [0.15, 0.2) is 43.0 Å². The summed E-state index contributed by atoms with van der Waals surface area (Å²) in [5.74, 6) is -0.403. The van der Waals surface area contributed by atoms with Crippen molar-refractivity contribution in [3.05, 3.63) is 54.1 Å². The average molecular weight is 173 g/mol. The van der Waals surface area contributed by atoms with Crippen LogP contribution in [0.1, 0.15) is 15.9 Å². The van der Waals surface area contributed by atoms with Crippen LogP contribution in [-0.4, -0.2) is 5.91 Å². The Morgan fingerprint density at radius 1 is 1.31 bits per heavy atom. The van der Waals surface area contributed by atoms with Crippen molar-refractivity contribution in [2.24, 2.45) is 5.73 Å². The SMILES string of the molecule is C=C/C=C/c1ccc(C(N)=O)cc1. The highest BCUT2D eigenvalue weighted by atomic mass is 16.1. The summed E-state index contributed by atoms with van der Waals surface area (Å²) in [5.41, 5.74) is 6.63. The maximum atomic E-state index is 10.7. The first kappa shape index (κ1) is 9.26. The third-order valence-corrected chi connectivity index (χ3v) is 1.62. The average Bonchev–Trinajstić information content (AvgIpc) is 2.15. The summed E-state index contributed by atoms with van der Waals surface area (Å²) >= 11 is 0. The Hall–Kier alpha value is -1.83. The first-order valence-corrected chi connectivity index (χ1v) is 3.93. The second-order valence-electron chi connectivity index (χ2n) is 2.58. The Labute approximate surface area is 77.4 Å². The molecule has 0 saturated carbocycles. The van der Waals surface area contributed by atoms with E-state index in [0.717, 1.165) is 5.56 Å². The van der Waals surface area contributed by atoms with Gasteiger partial charge in [0.05, 0.1) is 0 Å². The van der Waals surface area contributed by atoms with Gasteiger partial charge in [0.15, 0.2) is 0 Å². The Morgan fingerprint density at radius 3 is 2.38 bits per heavy atom. The first-order chi connectivity index (χ1) is 6.24. The molecule has 0 aliphatic rings. The fourth-order valence-electron chi connectivity index (χ4n) is 0.938. The van der Waals surface area contributed by atoms with E-state index in [0.29, 0.717) is 5.56 Å².